The Labute approximate surface area is 135 Å². The Kier molecular flexibility index (Phi) is 8.17. The van der Waals surface area contributed by atoms with Gasteiger partial charge in [0.2, 0.25) is 0 Å². The minimum absolute atomic E-state index is 0.0318. The van der Waals surface area contributed by atoms with Gasteiger partial charge in [-0.15, -0.1) is 0 Å². The van der Waals surface area contributed by atoms with Crippen LogP contribution in [0.25, 0.3) is 0 Å². The van der Waals surface area contributed by atoms with Crippen LogP contribution < -0.4 is 0 Å². The summed E-state index contributed by atoms with van der Waals surface area (Å²) in [5.74, 6) is 0.418. The highest BCUT2D eigenvalue weighted by atomic mass is 16.7. The fourth-order valence-electron chi connectivity index (χ4n) is 3.40. The third-order valence-electron chi connectivity index (χ3n) is 4.74. The van der Waals surface area contributed by atoms with Crippen LogP contribution in [-0.2, 0) is 14.3 Å². The van der Waals surface area contributed by atoms with Gasteiger partial charge in [-0.25, -0.2) is 0 Å². The van der Waals surface area contributed by atoms with E-state index in [0.717, 1.165) is 71.0 Å². The van der Waals surface area contributed by atoms with E-state index in [0.29, 0.717) is 5.78 Å². The Balaban J connectivity index is 1.68. The molecule has 22 heavy (non-hydrogen) atoms. The summed E-state index contributed by atoms with van der Waals surface area (Å²) in [6.45, 7) is 3.83. The molecule has 1 saturated heterocycles. The molecule has 1 fully saturated rings. The summed E-state index contributed by atoms with van der Waals surface area (Å²) in [5.41, 5.74) is 2.61. The Hall–Kier alpha value is -0.670. The monoisotopic (exact) mass is 308 g/mol. The Morgan fingerprint density at radius 1 is 1.09 bits per heavy atom. The van der Waals surface area contributed by atoms with Crippen molar-refractivity contribution in [3.05, 3.63) is 11.1 Å². The molecule has 0 saturated carbocycles. The molecule has 0 aromatic carbocycles. The molecule has 126 valence electrons. The zero-order valence-electron chi connectivity index (χ0n) is 14.2. The summed E-state index contributed by atoms with van der Waals surface area (Å²) in [7, 11) is 0. The lowest BCUT2D eigenvalue weighted by atomic mass is 9.85. The summed E-state index contributed by atoms with van der Waals surface area (Å²) in [5, 5.41) is 0. The number of allylic oxidation sites excluding steroid dienone is 2. The first-order chi connectivity index (χ1) is 10.8. The molecule has 0 N–H and O–H groups in total. The average Bonchev–Trinajstić information content (AvgIpc) is 2.55. The van der Waals surface area contributed by atoms with Gasteiger partial charge in [0.1, 0.15) is 0 Å². The second-order valence-electron chi connectivity index (χ2n) is 6.59. The number of hydrogen-bond acceptors (Lipinski definition) is 3. The van der Waals surface area contributed by atoms with Crippen LogP contribution in [0.3, 0.4) is 0 Å². The van der Waals surface area contributed by atoms with Crippen molar-refractivity contribution in [1.29, 1.82) is 0 Å². The number of carbonyl (C=O) groups is 1. The normalized spacial score (nSPS) is 23.1. The second kappa shape index (κ2) is 10.2. The van der Waals surface area contributed by atoms with Crippen molar-refractivity contribution < 1.29 is 14.3 Å². The van der Waals surface area contributed by atoms with E-state index in [9.17, 15) is 4.79 Å². The van der Waals surface area contributed by atoms with Crippen molar-refractivity contribution in [2.45, 2.75) is 90.3 Å². The molecule has 0 amide bonds. The zero-order valence-corrected chi connectivity index (χ0v) is 14.2. The van der Waals surface area contributed by atoms with E-state index >= 15 is 0 Å². The van der Waals surface area contributed by atoms with Crippen LogP contribution >= 0.6 is 0 Å². The number of carbonyl (C=O) groups excluding carboxylic acids is 1. The third-order valence-corrected chi connectivity index (χ3v) is 4.74. The molecule has 0 spiro atoms. The first-order valence-corrected chi connectivity index (χ1v) is 9.28. The van der Waals surface area contributed by atoms with E-state index in [-0.39, 0.29) is 6.29 Å². The van der Waals surface area contributed by atoms with Crippen LogP contribution in [0, 0.1) is 0 Å². The molecule has 2 rings (SSSR count). The molecule has 3 heteroatoms. The lowest BCUT2D eigenvalue weighted by Crippen LogP contribution is -2.22. The third kappa shape index (κ3) is 5.85. The highest BCUT2D eigenvalue weighted by Crippen LogP contribution is 2.29. The summed E-state index contributed by atoms with van der Waals surface area (Å²) in [4.78, 5) is 12.1. The number of ketones is 1. The van der Waals surface area contributed by atoms with Crippen molar-refractivity contribution in [3.63, 3.8) is 0 Å². The van der Waals surface area contributed by atoms with Crippen LogP contribution in [0.2, 0.25) is 0 Å². The second-order valence-corrected chi connectivity index (χ2v) is 6.59. The average molecular weight is 308 g/mol. The van der Waals surface area contributed by atoms with Crippen LogP contribution in [0.4, 0.5) is 0 Å². The van der Waals surface area contributed by atoms with Crippen LogP contribution in [-0.4, -0.2) is 25.3 Å². The number of rotatable bonds is 9. The van der Waals surface area contributed by atoms with Gasteiger partial charge in [-0.3, -0.25) is 4.79 Å². The maximum Gasteiger partial charge on any atom is 0.158 e. The smallest absolute Gasteiger partial charge is 0.158 e. The molecule has 1 unspecified atom stereocenters. The van der Waals surface area contributed by atoms with Gasteiger partial charge in [-0.2, -0.15) is 0 Å². The van der Waals surface area contributed by atoms with Gasteiger partial charge in [0, 0.05) is 19.6 Å². The number of unbranched alkanes of at least 4 members (excludes halogenated alkanes) is 2. The van der Waals surface area contributed by atoms with Crippen molar-refractivity contribution in [3.8, 4) is 0 Å². The largest absolute Gasteiger partial charge is 0.353 e. The minimum Gasteiger partial charge on any atom is -0.353 e. The molecule has 1 aliphatic heterocycles. The minimum atomic E-state index is 0.0318. The molecular weight excluding hydrogens is 276 g/mol. The van der Waals surface area contributed by atoms with Crippen molar-refractivity contribution in [2.75, 3.05) is 13.2 Å². The van der Waals surface area contributed by atoms with Gasteiger partial charge in [0.25, 0.3) is 0 Å². The van der Waals surface area contributed by atoms with Crippen molar-refractivity contribution in [1.82, 2.24) is 0 Å². The van der Waals surface area contributed by atoms with Crippen LogP contribution in [0.1, 0.15) is 84.0 Å². The SMILES string of the molecule is CCCCC1=C(CCCCOC2CCCCO2)CCCC1=O. The first kappa shape index (κ1) is 17.7. The van der Waals surface area contributed by atoms with E-state index < -0.39 is 0 Å². The van der Waals surface area contributed by atoms with E-state index in [4.69, 9.17) is 9.47 Å². The number of hydrogen-bond donors (Lipinski definition) is 0. The van der Waals surface area contributed by atoms with E-state index in [1.165, 1.54) is 30.4 Å². The molecule has 0 bridgehead atoms. The number of Topliss-reactive ketones (excluding diaryl/α,β-unsaturated/α-hetero) is 1. The zero-order chi connectivity index (χ0) is 15.6. The van der Waals surface area contributed by atoms with Crippen molar-refractivity contribution in [2.24, 2.45) is 0 Å². The van der Waals surface area contributed by atoms with Gasteiger partial charge < -0.3 is 9.47 Å². The molecule has 2 aliphatic rings. The summed E-state index contributed by atoms with van der Waals surface area (Å²) in [6, 6.07) is 0. The maximum atomic E-state index is 12.1. The van der Waals surface area contributed by atoms with Gasteiger partial charge in [-0.05, 0) is 69.8 Å². The van der Waals surface area contributed by atoms with E-state index in [2.05, 4.69) is 6.92 Å². The fourth-order valence-corrected chi connectivity index (χ4v) is 3.40. The van der Waals surface area contributed by atoms with Gasteiger partial charge in [0.15, 0.2) is 12.1 Å². The lowest BCUT2D eigenvalue weighted by molar-refractivity contribution is -0.162. The molecule has 1 heterocycles. The van der Waals surface area contributed by atoms with Crippen LogP contribution in [0.5, 0.6) is 0 Å². The highest BCUT2D eigenvalue weighted by Gasteiger charge is 2.19. The van der Waals surface area contributed by atoms with Gasteiger partial charge in [-0.1, -0.05) is 18.9 Å². The predicted molar refractivity (Wildman–Crippen MR) is 88.8 cm³/mol. The maximum absolute atomic E-state index is 12.1. The predicted octanol–water partition coefficient (Wildman–Crippen LogP) is 4.94. The quantitative estimate of drug-likeness (QED) is 0.566. The van der Waals surface area contributed by atoms with Crippen LogP contribution in [0.15, 0.2) is 11.1 Å². The van der Waals surface area contributed by atoms with E-state index in [1.54, 1.807) is 0 Å². The molecule has 3 nitrogen and oxygen atoms in total. The Morgan fingerprint density at radius 3 is 2.77 bits per heavy atom. The molecule has 1 atom stereocenters. The Bertz CT molecular complexity index is 367. The molecule has 1 aliphatic carbocycles. The summed E-state index contributed by atoms with van der Waals surface area (Å²) < 4.78 is 11.4. The van der Waals surface area contributed by atoms with Crippen molar-refractivity contribution >= 4 is 5.78 Å². The first-order valence-electron chi connectivity index (χ1n) is 9.28. The Morgan fingerprint density at radius 2 is 2.00 bits per heavy atom. The highest BCUT2D eigenvalue weighted by molar-refractivity contribution is 5.96. The summed E-state index contributed by atoms with van der Waals surface area (Å²) >= 11 is 0. The molecular formula is C19H32O3. The lowest BCUT2D eigenvalue weighted by Gasteiger charge is -2.23. The molecule has 0 aromatic rings. The molecule has 0 aromatic heterocycles. The summed E-state index contributed by atoms with van der Waals surface area (Å²) in [6.07, 6.45) is 13.0. The van der Waals surface area contributed by atoms with E-state index in [1.807, 2.05) is 0 Å². The standard InChI is InChI=1S/C19H32O3/c1-2-3-11-17-16(10-8-12-18(17)20)9-4-6-14-21-19-13-5-7-15-22-19/h19H,2-15H2,1H3. The fraction of sp³-hybridized carbons (Fsp3) is 0.842. The topological polar surface area (TPSA) is 35.5 Å². The molecule has 0 radical (unpaired) electrons. The van der Waals surface area contributed by atoms with Gasteiger partial charge >= 0.3 is 0 Å². The van der Waals surface area contributed by atoms with Gasteiger partial charge in [0.05, 0.1) is 0 Å². The number of ether oxygens (including phenoxy) is 2.